The number of ether oxygens (including phenoxy) is 1. The van der Waals surface area contributed by atoms with Crippen LogP contribution in [0.2, 0.25) is 0 Å². The van der Waals surface area contributed by atoms with E-state index in [1.165, 1.54) is 14.0 Å². The van der Waals surface area contributed by atoms with Crippen LogP contribution in [-0.4, -0.2) is 24.2 Å². The normalized spacial score (nSPS) is 15.6. The summed E-state index contributed by atoms with van der Waals surface area (Å²) in [6.07, 6.45) is 0. The molecule has 1 aromatic rings. The molecule has 0 heterocycles. The highest BCUT2D eigenvalue weighted by molar-refractivity contribution is 9.10. The molecule has 0 aromatic heterocycles. The largest absolute Gasteiger partial charge is 0.480 e. The monoisotopic (exact) mass is 314 g/mol. The lowest BCUT2D eigenvalue weighted by molar-refractivity contribution is -0.167. The second kappa shape index (κ2) is 5.52. The van der Waals surface area contributed by atoms with Gasteiger partial charge in [0, 0.05) is 10.4 Å². The molecule has 0 aliphatic carbocycles. The Morgan fingerprint density at radius 1 is 1.33 bits per heavy atom. The number of methoxy groups -OCH3 is 1. The number of hydrogen-bond donors (Lipinski definition) is 1. The molecule has 0 aliphatic rings. The van der Waals surface area contributed by atoms with E-state index < -0.39 is 23.3 Å². The maximum atomic E-state index is 11.7. The number of benzene rings is 1. The van der Waals surface area contributed by atoms with E-state index in [-0.39, 0.29) is 0 Å². The van der Waals surface area contributed by atoms with Gasteiger partial charge < -0.3 is 9.84 Å². The summed E-state index contributed by atoms with van der Waals surface area (Å²) in [5, 5.41) is 9.31. The molecule has 2 unspecified atom stereocenters. The fraction of sp³-hybridized carbons (Fsp3) is 0.385. The number of halogens is 1. The minimum Gasteiger partial charge on any atom is -0.480 e. The zero-order valence-corrected chi connectivity index (χ0v) is 12.0. The maximum absolute atomic E-state index is 11.7. The third-order valence-electron chi connectivity index (χ3n) is 3.29. The number of carboxylic acid groups (broad SMARTS) is 1. The minimum atomic E-state index is -1.59. The van der Waals surface area contributed by atoms with Crippen LogP contribution < -0.4 is 0 Å². The van der Waals surface area contributed by atoms with Gasteiger partial charge in [-0.2, -0.15) is 0 Å². The van der Waals surface area contributed by atoms with E-state index in [1.807, 2.05) is 12.1 Å². The smallest absolute Gasteiger partial charge is 0.323 e. The van der Waals surface area contributed by atoms with Crippen molar-refractivity contribution in [3.05, 3.63) is 34.3 Å². The van der Waals surface area contributed by atoms with E-state index in [2.05, 4.69) is 20.7 Å². The Bertz CT molecular complexity index is 455. The zero-order valence-electron chi connectivity index (χ0n) is 10.4. The van der Waals surface area contributed by atoms with Gasteiger partial charge in [0.25, 0.3) is 0 Å². The lowest BCUT2D eigenvalue weighted by Gasteiger charge is -2.28. The molecular weight excluding hydrogens is 300 g/mol. The van der Waals surface area contributed by atoms with E-state index in [4.69, 9.17) is 0 Å². The van der Waals surface area contributed by atoms with Crippen LogP contribution in [0, 0.1) is 5.41 Å². The first-order valence-electron chi connectivity index (χ1n) is 5.41. The van der Waals surface area contributed by atoms with E-state index in [0.717, 1.165) is 10.0 Å². The molecule has 1 aromatic carbocycles. The highest BCUT2D eigenvalue weighted by atomic mass is 79.9. The summed E-state index contributed by atoms with van der Waals surface area (Å²) in [5.74, 6) is -2.43. The van der Waals surface area contributed by atoms with E-state index in [1.54, 1.807) is 19.1 Å². The van der Waals surface area contributed by atoms with Gasteiger partial charge in [-0.1, -0.05) is 35.0 Å². The summed E-state index contributed by atoms with van der Waals surface area (Å²) in [6, 6.07) is 7.20. The van der Waals surface area contributed by atoms with Gasteiger partial charge >= 0.3 is 11.9 Å². The first kappa shape index (κ1) is 14.7. The third-order valence-corrected chi connectivity index (χ3v) is 3.82. The Morgan fingerprint density at radius 3 is 2.22 bits per heavy atom. The maximum Gasteiger partial charge on any atom is 0.323 e. The fourth-order valence-electron chi connectivity index (χ4n) is 1.75. The molecule has 0 radical (unpaired) electrons. The van der Waals surface area contributed by atoms with Crippen molar-refractivity contribution in [2.75, 3.05) is 7.11 Å². The molecule has 0 spiro atoms. The van der Waals surface area contributed by atoms with Gasteiger partial charge in [-0.15, -0.1) is 0 Å². The highest BCUT2D eigenvalue weighted by Gasteiger charge is 2.48. The van der Waals surface area contributed by atoms with Crippen molar-refractivity contribution < 1.29 is 19.4 Å². The van der Waals surface area contributed by atoms with Crippen molar-refractivity contribution in [1.82, 2.24) is 0 Å². The van der Waals surface area contributed by atoms with E-state index in [0.29, 0.717) is 0 Å². The molecule has 0 amide bonds. The van der Waals surface area contributed by atoms with Gasteiger partial charge in [0.2, 0.25) is 0 Å². The number of carbonyl (C=O) groups excluding carboxylic acids is 1. The van der Waals surface area contributed by atoms with Crippen molar-refractivity contribution in [3.63, 3.8) is 0 Å². The molecule has 0 saturated carbocycles. The molecule has 0 fully saturated rings. The Labute approximate surface area is 114 Å². The van der Waals surface area contributed by atoms with Crippen molar-refractivity contribution >= 4 is 27.9 Å². The van der Waals surface area contributed by atoms with Crippen LogP contribution in [0.5, 0.6) is 0 Å². The second-order valence-corrected chi connectivity index (χ2v) is 5.19. The summed E-state index contributed by atoms with van der Waals surface area (Å²) in [5.41, 5.74) is -0.823. The van der Waals surface area contributed by atoms with Gasteiger partial charge in [0.05, 0.1) is 7.11 Å². The van der Waals surface area contributed by atoms with Gasteiger partial charge in [-0.3, -0.25) is 9.59 Å². The predicted octanol–water partition coefficient (Wildman–Crippen LogP) is 2.82. The number of hydrogen-bond acceptors (Lipinski definition) is 3. The number of esters is 1. The minimum absolute atomic E-state index is 0.490. The van der Waals surface area contributed by atoms with Crippen molar-refractivity contribution in [2.45, 2.75) is 19.8 Å². The highest BCUT2D eigenvalue weighted by Crippen LogP contribution is 2.37. The van der Waals surface area contributed by atoms with Crippen LogP contribution in [0.25, 0.3) is 0 Å². The van der Waals surface area contributed by atoms with Gasteiger partial charge in [0.1, 0.15) is 0 Å². The van der Waals surface area contributed by atoms with Crippen LogP contribution in [0.15, 0.2) is 28.7 Å². The molecule has 4 nitrogen and oxygen atoms in total. The molecule has 1 N–H and O–H groups in total. The lowest BCUT2D eigenvalue weighted by Crippen LogP contribution is -2.41. The zero-order chi connectivity index (χ0) is 13.9. The van der Waals surface area contributed by atoms with Gasteiger partial charge in [-0.05, 0) is 24.6 Å². The molecular formula is C13H15BrO4. The number of carbonyl (C=O) groups is 2. The predicted molar refractivity (Wildman–Crippen MR) is 70.3 cm³/mol. The average Bonchev–Trinajstić information content (AvgIpc) is 2.36. The number of aliphatic carboxylic acids is 1. The first-order valence-corrected chi connectivity index (χ1v) is 6.20. The molecule has 2 atom stereocenters. The summed E-state index contributed by atoms with van der Waals surface area (Å²) in [4.78, 5) is 23.1. The SMILES string of the molecule is COC(=O)C(C)(C(=O)O)C(C)c1ccc(Br)cc1. The first-order chi connectivity index (χ1) is 8.33. The van der Waals surface area contributed by atoms with Crippen LogP contribution >= 0.6 is 15.9 Å². The van der Waals surface area contributed by atoms with Crippen molar-refractivity contribution in [1.29, 1.82) is 0 Å². The van der Waals surface area contributed by atoms with Crippen LogP contribution in [0.4, 0.5) is 0 Å². The lowest BCUT2D eigenvalue weighted by atomic mass is 9.74. The average molecular weight is 315 g/mol. The van der Waals surface area contributed by atoms with Crippen molar-refractivity contribution in [2.24, 2.45) is 5.41 Å². The van der Waals surface area contributed by atoms with Crippen molar-refractivity contribution in [3.8, 4) is 0 Å². The van der Waals surface area contributed by atoms with Crippen LogP contribution in [-0.2, 0) is 14.3 Å². The van der Waals surface area contributed by atoms with Gasteiger partial charge in [0.15, 0.2) is 5.41 Å². The molecule has 1 rings (SSSR count). The third kappa shape index (κ3) is 2.56. The quantitative estimate of drug-likeness (QED) is 0.685. The molecule has 18 heavy (non-hydrogen) atoms. The molecule has 0 aliphatic heterocycles. The number of rotatable bonds is 4. The Hall–Kier alpha value is -1.36. The Morgan fingerprint density at radius 2 is 1.83 bits per heavy atom. The van der Waals surface area contributed by atoms with Gasteiger partial charge in [-0.25, -0.2) is 0 Å². The molecule has 0 saturated heterocycles. The summed E-state index contributed by atoms with van der Waals surface area (Å²) in [6.45, 7) is 3.09. The topological polar surface area (TPSA) is 63.6 Å². The summed E-state index contributed by atoms with van der Waals surface area (Å²) < 4.78 is 5.51. The number of carboxylic acids is 1. The molecule has 5 heteroatoms. The van der Waals surface area contributed by atoms with Crippen LogP contribution in [0.3, 0.4) is 0 Å². The molecule has 0 bridgehead atoms. The summed E-state index contributed by atoms with van der Waals surface area (Å²) in [7, 11) is 1.19. The standard InChI is InChI=1S/C13H15BrO4/c1-8(9-4-6-10(14)7-5-9)13(2,11(15)16)12(17)18-3/h4-8H,1-3H3,(H,15,16). The molecule has 98 valence electrons. The van der Waals surface area contributed by atoms with E-state index >= 15 is 0 Å². The Balaban J connectivity index is 3.18. The Kier molecular flexibility index (Phi) is 4.51. The van der Waals surface area contributed by atoms with E-state index in [9.17, 15) is 14.7 Å². The fourth-order valence-corrected chi connectivity index (χ4v) is 2.01. The second-order valence-electron chi connectivity index (χ2n) is 4.27. The van der Waals surface area contributed by atoms with Crippen LogP contribution in [0.1, 0.15) is 25.3 Å². The summed E-state index contributed by atoms with van der Waals surface area (Å²) >= 11 is 3.31.